The Labute approximate surface area is 194 Å². The molecule has 2 aromatic heterocycles. The summed E-state index contributed by atoms with van der Waals surface area (Å²) in [5, 5.41) is 4.79. The van der Waals surface area contributed by atoms with Crippen molar-refractivity contribution in [2.45, 2.75) is 38.6 Å². The molecule has 34 heavy (non-hydrogen) atoms. The third kappa shape index (κ3) is 4.43. The van der Waals surface area contributed by atoms with Crippen molar-refractivity contribution in [2.24, 2.45) is 0 Å². The average Bonchev–Trinajstić information content (AvgIpc) is 3.22. The first kappa shape index (κ1) is 23.2. The van der Waals surface area contributed by atoms with Gasteiger partial charge in [0.25, 0.3) is 17.4 Å². The van der Waals surface area contributed by atoms with Gasteiger partial charge in [0.1, 0.15) is 11.9 Å². The fourth-order valence-electron chi connectivity index (χ4n) is 4.02. The van der Waals surface area contributed by atoms with Gasteiger partial charge in [0.05, 0.1) is 18.9 Å². The van der Waals surface area contributed by atoms with Crippen LogP contribution in [0.15, 0.2) is 45.7 Å². The molecule has 0 fully saturated rings. The number of aromatic nitrogens is 2. The highest BCUT2D eigenvalue weighted by molar-refractivity contribution is 6.01. The number of aromatic amines is 1. The molecule has 2 amide bonds. The third-order valence-electron chi connectivity index (χ3n) is 5.68. The van der Waals surface area contributed by atoms with Crippen LogP contribution in [0.3, 0.4) is 0 Å². The van der Waals surface area contributed by atoms with Crippen molar-refractivity contribution in [1.82, 2.24) is 15.0 Å². The molecular formula is C24H25FN4O5. The lowest BCUT2D eigenvalue weighted by molar-refractivity contribution is -0.121. The van der Waals surface area contributed by atoms with Crippen molar-refractivity contribution < 1.29 is 23.2 Å². The normalized spacial score (nSPS) is 15.6. The number of anilines is 1. The molecule has 178 valence electrons. The Bertz CT molecular complexity index is 1310. The number of amides is 2. The van der Waals surface area contributed by atoms with Crippen molar-refractivity contribution in [2.75, 3.05) is 19.0 Å². The molecule has 1 aromatic carbocycles. The predicted octanol–water partition coefficient (Wildman–Crippen LogP) is 3.19. The first-order valence-corrected chi connectivity index (χ1v) is 10.7. The van der Waals surface area contributed by atoms with Crippen LogP contribution >= 0.6 is 0 Å². The molecule has 3 aromatic rings. The molecule has 0 bridgehead atoms. The number of carbonyl (C=O) groups is 2. The van der Waals surface area contributed by atoms with Gasteiger partial charge < -0.3 is 19.5 Å². The van der Waals surface area contributed by atoms with Gasteiger partial charge in [-0.1, -0.05) is 26.8 Å². The maximum Gasteiger partial charge on any atom is 0.293 e. The maximum absolute atomic E-state index is 14.7. The second kappa shape index (κ2) is 8.77. The SMILES string of the molecule is COc1ccc2c(n1)CCN(C(=O)c1cc(=O)[nH]o1)C2C(=O)Nc1ccc(C(C)(C)C)c(F)c1. The Morgan fingerprint density at radius 2 is 2.00 bits per heavy atom. The van der Waals surface area contributed by atoms with Gasteiger partial charge in [-0.2, -0.15) is 5.16 Å². The molecule has 10 heteroatoms. The number of halogens is 1. The monoisotopic (exact) mass is 468 g/mol. The zero-order valence-corrected chi connectivity index (χ0v) is 19.3. The number of methoxy groups -OCH3 is 1. The van der Waals surface area contributed by atoms with Crippen LogP contribution in [0.1, 0.15) is 54.2 Å². The van der Waals surface area contributed by atoms with E-state index in [0.717, 1.165) is 6.07 Å². The largest absolute Gasteiger partial charge is 0.481 e. The maximum atomic E-state index is 14.7. The lowest BCUT2D eigenvalue weighted by Gasteiger charge is -2.35. The van der Waals surface area contributed by atoms with Gasteiger partial charge in [-0.05, 0) is 29.2 Å². The van der Waals surface area contributed by atoms with Gasteiger partial charge in [0.2, 0.25) is 11.6 Å². The van der Waals surface area contributed by atoms with E-state index in [-0.39, 0.29) is 18.0 Å². The summed E-state index contributed by atoms with van der Waals surface area (Å²) in [7, 11) is 1.49. The zero-order chi connectivity index (χ0) is 24.6. The zero-order valence-electron chi connectivity index (χ0n) is 19.3. The number of nitrogens with one attached hydrogen (secondary N) is 2. The van der Waals surface area contributed by atoms with Gasteiger partial charge in [-0.25, -0.2) is 9.37 Å². The minimum atomic E-state index is -1.08. The van der Waals surface area contributed by atoms with Crippen molar-refractivity contribution in [1.29, 1.82) is 0 Å². The molecule has 9 nitrogen and oxygen atoms in total. The highest BCUT2D eigenvalue weighted by Gasteiger charge is 2.38. The fourth-order valence-corrected chi connectivity index (χ4v) is 4.02. The number of hydrogen-bond donors (Lipinski definition) is 2. The van der Waals surface area contributed by atoms with Crippen LogP contribution in [0.5, 0.6) is 5.88 Å². The molecule has 0 aliphatic carbocycles. The molecular weight excluding hydrogens is 443 g/mol. The summed E-state index contributed by atoms with van der Waals surface area (Å²) in [5.41, 5.74) is 0.913. The smallest absolute Gasteiger partial charge is 0.293 e. The Balaban J connectivity index is 1.70. The number of carbonyl (C=O) groups excluding carboxylic acids is 2. The minimum Gasteiger partial charge on any atom is -0.481 e. The van der Waals surface area contributed by atoms with E-state index in [9.17, 15) is 18.8 Å². The lowest BCUT2D eigenvalue weighted by Crippen LogP contribution is -2.45. The lowest BCUT2D eigenvalue weighted by atomic mass is 9.86. The molecule has 3 heterocycles. The van der Waals surface area contributed by atoms with E-state index in [1.165, 1.54) is 18.1 Å². The van der Waals surface area contributed by atoms with Crippen LogP contribution in [0.4, 0.5) is 10.1 Å². The van der Waals surface area contributed by atoms with Gasteiger partial charge in [0, 0.05) is 30.3 Å². The molecule has 2 N–H and O–H groups in total. The van der Waals surface area contributed by atoms with Gasteiger partial charge in [-0.15, -0.1) is 0 Å². The topological polar surface area (TPSA) is 118 Å². The van der Waals surface area contributed by atoms with E-state index in [0.29, 0.717) is 29.1 Å². The summed E-state index contributed by atoms with van der Waals surface area (Å²) in [6.45, 7) is 5.84. The number of ether oxygens (including phenoxy) is 1. The van der Waals surface area contributed by atoms with E-state index in [2.05, 4.69) is 15.5 Å². The standard InChI is InChI=1S/C24H25FN4O5/c1-24(2,3)15-7-5-13(11-16(15)25)26-22(31)21-14-6-8-20(33-4)27-17(14)9-10-29(21)23(32)18-12-19(30)28-34-18/h5-8,11-12,21H,9-10H2,1-4H3,(H,26,31)(H,28,30). The third-order valence-corrected chi connectivity index (χ3v) is 5.68. The first-order chi connectivity index (χ1) is 16.1. The van der Waals surface area contributed by atoms with E-state index < -0.39 is 34.6 Å². The second-order valence-electron chi connectivity index (χ2n) is 9.05. The molecule has 4 rings (SSSR count). The Morgan fingerprint density at radius 3 is 2.62 bits per heavy atom. The van der Waals surface area contributed by atoms with Crippen molar-refractivity contribution >= 4 is 17.5 Å². The van der Waals surface area contributed by atoms with Crippen molar-refractivity contribution in [3.63, 3.8) is 0 Å². The van der Waals surface area contributed by atoms with Gasteiger partial charge in [0.15, 0.2) is 0 Å². The average molecular weight is 468 g/mol. The van der Waals surface area contributed by atoms with Crippen LogP contribution in [0.25, 0.3) is 0 Å². The minimum absolute atomic E-state index is 0.149. The molecule has 1 aliphatic rings. The highest BCUT2D eigenvalue weighted by Crippen LogP contribution is 2.33. The summed E-state index contributed by atoms with van der Waals surface area (Å²) >= 11 is 0. The number of rotatable bonds is 4. The predicted molar refractivity (Wildman–Crippen MR) is 121 cm³/mol. The number of pyridine rings is 1. The Hall–Kier alpha value is -3.95. The fraction of sp³-hybridized carbons (Fsp3) is 0.333. The number of H-pyrrole nitrogens is 1. The summed E-state index contributed by atoms with van der Waals surface area (Å²) in [6.07, 6.45) is 0.367. The first-order valence-electron chi connectivity index (χ1n) is 10.7. The Morgan fingerprint density at radius 1 is 1.24 bits per heavy atom. The summed E-state index contributed by atoms with van der Waals surface area (Å²) < 4.78 is 24.9. The van der Waals surface area contributed by atoms with Gasteiger partial charge in [-0.3, -0.25) is 14.4 Å². The van der Waals surface area contributed by atoms with Crippen molar-refractivity contribution in [3.8, 4) is 5.88 Å². The summed E-state index contributed by atoms with van der Waals surface area (Å²) in [5.74, 6) is -1.46. The molecule has 0 saturated carbocycles. The van der Waals surface area contributed by atoms with Gasteiger partial charge >= 0.3 is 0 Å². The van der Waals surface area contributed by atoms with Crippen LogP contribution < -0.4 is 15.6 Å². The number of hydrogen-bond acceptors (Lipinski definition) is 6. The van der Waals surface area contributed by atoms with E-state index in [4.69, 9.17) is 9.26 Å². The van der Waals surface area contributed by atoms with E-state index in [1.807, 2.05) is 20.8 Å². The number of nitrogens with zero attached hydrogens (tertiary/aromatic N) is 2. The van der Waals surface area contributed by atoms with Crippen LogP contribution in [-0.4, -0.2) is 40.5 Å². The van der Waals surface area contributed by atoms with Crippen LogP contribution in [-0.2, 0) is 16.6 Å². The second-order valence-corrected chi connectivity index (χ2v) is 9.05. The number of fused-ring (bicyclic) bond motifs is 1. The summed E-state index contributed by atoms with van der Waals surface area (Å²) in [6, 6.07) is 7.72. The molecule has 1 atom stereocenters. The molecule has 1 unspecified atom stereocenters. The van der Waals surface area contributed by atoms with E-state index in [1.54, 1.807) is 24.3 Å². The van der Waals surface area contributed by atoms with Crippen molar-refractivity contribution in [3.05, 3.63) is 75.2 Å². The number of benzene rings is 1. The molecule has 0 radical (unpaired) electrons. The molecule has 1 aliphatic heterocycles. The van der Waals surface area contributed by atoms with Crippen LogP contribution in [0.2, 0.25) is 0 Å². The summed E-state index contributed by atoms with van der Waals surface area (Å²) in [4.78, 5) is 43.7. The Kier molecular flexibility index (Phi) is 5.99. The quantitative estimate of drug-likeness (QED) is 0.607. The van der Waals surface area contributed by atoms with Crippen LogP contribution in [0, 0.1) is 5.82 Å². The molecule has 0 spiro atoms. The highest BCUT2D eigenvalue weighted by atomic mass is 19.1. The molecule has 0 saturated heterocycles. The van der Waals surface area contributed by atoms with E-state index >= 15 is 0 Å².